The molecule has 7 heteroatoms. The Bertz CT molecular complexity index is 671. The normalized spacial score (nSPS) is 22.7. The predicted molar refractivity (Wildman–Crippen MR) is 134 cm³/mol. The number of halogens is 2. The summed E-state index contributed by atoms with van der Waals surface area (Å²) >= 11 is 18.0. The van der Waals surface area contributed by atoms with Gasteiger partial charge in [0.15, 0.2) is 5.11 Å². The second kappa shape index (κ2) is 12.3. The fourth-order valence-corrected chi connectivity index (χ4v) is 5.21. The van der Waals surface area contributed by atoms with Crippen molar-refractivity contribution in [2.75, 3.05) is 44.2 Å². The molecule has 0 spiro atoms. The van der Waals surface area contributed by atoms with Gasteiger partial charge in [-0.15, -0.1) is 0 Å². The summed E-state index contributed by atoms with van der Waals surface area (Å²) in [6.07, 6.45) is 8.78. The lowest BCUT2D eigenvalue weighted by Crippen LogP contribution is -2.47. The minimum Gasteiger partial charge on any atom is -0.368 e. The SMILES string of the molecule is CCCCNC(=S)N[C@H]1CC[C@H](CCN2CCN(c3cccc(Cl)c3Cl)CC2)CC1. The van der Waals surface area contributed by atoms with Crippen molar-refractivity contribution in [3.63, 3.8) is 0 Å². The van der Waals surface area contributed by atoms with E-state index in [0.717, 1.165) is 49.4 Å². The molecular formula is C23H36Cl2N4S. The van der Waals surface area contributed by atoms with Crippen molar-refractivity contribution in [1.29, 1.82) is 0 Å². The Labute approximate surface area is 197 Å². The number of thiocarbonyl (C=S) groups is 1. The van der Waals surface area contributed by atoms with Crippen molar-refractivity contribution < 1.29 is 0 Å². The van der Waals surface area contributed by atoms with Gasteiger partial charge in [0.05, 0.1) is 15.7 Å². The molecule has 30 heavy (non-hydrogen) atoms. The van der Waals surface area contributed by atoms with Crippen molar-refractivity contribution in [2.24, 2.45) is 5.92 Å². The largest absolute Gasteiger partial charge is 0.368 e. The van der Waals surface area contributed by atoms with Crippen molar-refractivity contribution in [3.05, 3.63) is 28.2 Å². The van der Waals surface area contributed by atoms with Crippen LogP contribution in [0.1, 0.15) is 51.9 Å². The van der Waals surface area contributed by atoms with E-state index in [4.69, 9.17) is 35.4 Å². The number of hydrogen-bond acceptors (Lipinski definition) is 3. The van der Waals surface area contributed by atoms with Crippen molar-refractivity contribution in [2.45, 2.75) is 57.9 Å². The summed E-state index contributed by atoms with van der Waals surface area (Å²) in [5.74, 6) is 0.852. The highest BCUT2D eigenvalue weighted by Gasteiger charge is 2.24. The summed E-state index contributed by atoms with van der Waals surface area (Å²) in [6.45, 7) is 8.60. The molecule has 2 fully saturated rings. The van der Waals surface area contributed by atoms with E-state index in [9.17, 15) is 0 Å². The number of benzene rings is 1. The third-order valence-electron chi connectivity index (χ3n) is 6.50. The van der Waals surface area contributed by atoms with Gasteiger partial charge in [0, 0.05) is 38.8 Å². The molecule has 0 amide bonds. The zero-order valence-corrected chi connectivity index (χ0v) is 20.5. The van der Waals surface area contributed by atoms with Crippen LogP contribution < -0.4 is 15.5 Å². The number of anilines is 1. The maximum Gasteiger partial charge on any atom is 0.166 e. The first kappa shape index (κ1) is 23.9. The first-order valence-electron chi connectivity index (χ1n) is 11.5. The maximum atomic E-state index is 6.40. The third-order valence-corrected chi connectivity index (χ3v) is 7.57. The first-order valence-corrected chi connectivity index (χ1v) is 12.7. The van der Waals surface area contributed by atoms with Gasteiger partial charge in [0.2, 0.25) is 0 Å². The summed E-state index contributed by atoms with van der Waals surface area (Å²) in [6, 6.07) is 6.45. The molecule has 1 heterocycles. The Hall–Kier alpha value is -0.750. The van der Waals surface area contributed by atoms with Crippen molar-refractivity contribution in [3.8, 4) is 0 Å². The monoisotopic (exact) mass is 470 g/mol. The van der Waals surface area contributed by atoms with E-state index >= 15 is 0 Å². The summed E-state index contributed by atoms with van der Waals surface area (Å²) < 4.78 is 0. The average molecular weight is 472 g/mol. The highest BCUT2D eigenvalue weighted by molar-refractivity contribution is 7.80. The number of nitrogens with one attached hydrogen (secondary N) is 2. The van der Waals surface area contributed by atoms with Gasteiger partial charge in [-0.25, -0.2) is 0 Å². The van der Waals surface area contributed by atoms with Gasteiger partial charge in [0.25, 0.3) is 0 Å². The average Bonchev–Trinajstić information content (AvgIpc) is 2.76. The smallest absolute Gasteiger partial charge is 0.166 e. The molecule has 3 rings (SSSR count). The lowest BCUT2D eigenvalue weighted by Gasteiger charge is -2.37. The Morgan fingerprint density at radius 3 is 2.53 bits per heavy atom. The molecule has 4 nitrogen and oxygen atoms in total. The molecule has 1 aliphatic carbocycles. The molecule has 1 saturated carbocycles. The number of rotatable bonds is 8. The standard InChI is InChI=1S/C23H36Cl2N4S/c1-2-3-12-26-23(30)27-19-9-7-18(8-10-19)11-13-28-14-16-29(17-15-28)21-6-4-5-20(24)22(21)25/h4-6,18-19H,2-3,7-17H2,1H3,(H2,26,27,30)/t18-,19-. The molecule has 0 radical (unpaired) electrons. The van der Waals surface area contributed by atoms with Gasteiger partial charge in [0.1, 0.15) is 0 Å². The lowest BCUT2D eigenvalue weighted by molar-refractivity contribution is 0.214. The Balaban J connectivity index is 1.31. The van der Waals surface area contributed by atoms with Gasteiger partial charge < -0.3 is 15.5 Å². The second-order valence-electron chi connectivity index (χ2n) is 8.66. The van der Waals surface area contributed by atoms with E-state index in [1.807, 2.05) is 12.1 Å². The molecule has 2 N–H and O–H groups in total. The molecule has 2 aliphatic rings. The van der Waals surface area contributed by atoms with Crippen LogP contribution in [0.3, 0.4) is 0 Å². The zero-order valence-electron chi connectivity index (χ0n) is 18.1. The third kappa shape index (κ3) is 7.15. The quantitative estimate of drug-likeness (QED) is 0.396. The van der Waals surface area contributed by atoms with Crippen molar-refractivity contribution >= 4 is 46.2 Å². The zero-order chi connectivity index (χ0) is 21.3. The van der Waals surface area contributed by atoms with Crippen LogP contribution in [0.15, 0.2) is 18.2 Å². The molecule has 1 aliphatic heterocycles. The van der Waals surface area contributed by atoms with E-state index in [1.165, 1.54) is 51.5 Å². The fraction of sp³-hybridized carbons (Fsp3) is 0.696. The highest BCUT2D eigenvalue weighted by atomic mass is 35.5. The van der Waals surface area contributed by atoms with Crippen LogP contribution >= 0.6 is 35.4 Å². The molecule has 1 saturated heterocycles. The summed E-state index contributed by atoms with van der Waals surface area (Å²) in [4.78, 5) is 4.96. The van der Waals surface area contributed by atoms with Gasteiger partial charge >= 0.3 is 0 Å². The van der Waals surface area contributed by atoms with Gasteiger partial charge in [-0.2, -0.15) is 0 Å². The minimum absolute atomic E-state index is 0.550. The van der Waals surface area contributed by atoms with Crippen LogP contribution in [-0.4, -0.2) is 55.3 Å². The van der Waals surface area contributed by atoms with Gasteiger partial charge in [-0.3, -0.25) is 4.90 Å². The Kier molecular flexibility index (Phi) is 9.82. The molecule has 0 aromatic heterocycles. The molecule has 0 unspecified atom stereocenters. The summed E-state index contributed by atoms with van der Waals surface area (Å²) in [5.41, 5.74) is 1.07. The fourth-order valence-electron chi connectivity index (χ4n) is 4.52. The number of unbranched alkanes of at least 4 members (excludes halogenated alkanes) is 1. The second-order valence-corrected chi connectivity index (χ2v) is 9.86. The molecular weight excluding hydrogens is 435 g/mol. The van der Waals surface area contributed by atoms with E-state index in [-0.39, 0.29) is 0 Å². The maximum absolute atomic E-state index is 6.40. The number of piperazine rings is 1. The molecule has 0 bridgehead atoms. The molecule has 1 aromatic carbocycles. The van der Waals surface area contributed by atoms with Crippen LogP contribution in [0.25, 0.3) is 0 Å². The number of hydrogen-bond donors (Lipinski definition) is 2. The predicted octanol–water partition coefficient (Wildman–Crippen LogP) is 5.33. The molecule has 0 atom stereocenters. The van der Waals surface area contributed by atoms with Crippen LogP contribution in [-0.2, 0) is 0 Å². The summed E-state index contributed by atoms with van der Waals surface area (Å²) in [7, 11) is 0. The minimum atomic E-state index is 0.550. The highest BCUT2D eigenvalue weighted by Crippen LogP contribution is 2.33. The number of nitrogens with zero attached hydrogens (tertiary/aromatic N) is 2. The van der Waals surface area contributed by atoms with Crippen LogP contribution in [0.5, 0.6) is 0 Å². The van der Waals surface area contributed by atoms with Gasteiger partial charge in [-0.1, -0.05) is 42.6 Å². The van der Waals surface area contributed by atoms with Crippen LogP contribution in [0.2, 0.25) is 10.0 Å². The lowest BCUT2D eigenvalue weighted by atomic mass is 9.84. The van der Waals surface area contributed by atoms with E-state index in [0.29, 0.717) is 16.1 Å². The van der Waals surface area contributed by atoms with E-state index in [2.05, 4.69) is 33.4 Å². The van der Waals surface area contributed by atoms with Gasteiger partial charge in [-0.05, 0) is 75.3 Å². The molecule has 168 valence electrons. The topological polar surface area (TPSA) is 30.5 Å². The summed E-state index contributed by atoms with van der Waals surface area (Å²) in [5, 5.41) is 9.00. The van der Waals surface area contributed by atoms with E-state index in [1.54, 1.807) is 0 Å². The van der Waals surface area contributed by atoms with Crippen molar-refractivity contribution in [1.82, 2.24) is 15.5 Å². The van der Waals surface area contributed by atoms with Crippen LogP contribution in [0.4, 0.5) is 5.69 Å². The van der Waals surface area contributed by atoms with Crippen LogP contribution in [0, 0.1) is 5.92 Å². The molecule has 1 aromatic rings. The first-order chi connectivity index (χ1) is 14.6. The Morgan fingerprint density at radius 2 is 1.83 bits per heavy atom. The Morgan fingerprint density at radius 1 is 1.10 bits per heavy atom. The van der Waals surface area contributed by atoms with E-state index < -0.39 is 0 Å².